The van der Waals surface area contributed by atoms with Crippen molar-refractivity contribution in [1.82, 2.24) is 9.88 Å². The molecule has 1 amide bonds. The first-order valence-corrected chi connectivity index (χ1v) is 9.83. The fourth-order valence-electron chi connectivity index (χ4n) is 3.24. The van der Waals surface area contributed by atoms with E-state index >= 15 is 0 Å². The van der Waals surface area contributed by atoms with Crippen LogP contribution < -0.4 is 4.74 Å². The van der Waals surface area contributed by atoms with Crippen molar-refractivity contribution in [2.75, 3.05) is 26.7 Å². The fourth-order valence-corrected chi connectivity index (χ4v) is 4.09. The van der Waals surface area contributed by atoms with Crippen LogP contribution in [0.5, 0.6) is 11.5 Å². The van der Waals surface area contributed by atoms with E-state index in [-0.39, 0.29) is 41.6 Å². The lowest BCUT2D eigenvalue weighted by atomic mass is 10.1. The van der Waals surface area contributed by atoms with Gasteiger partial charge >= 0.3 is 0 Å². The predicted molar refractivity (Wildman–Crippen MR) is 107 cm³/mol. The number of halogens is 2. The number of methoxy groups -OCH3 is 1. The number of hydrogen-bond donors (Lipinski definition) is 1. The quantitative estimate of drug-likeness (QED) is 0.670. The van der Waals surface area contributed by atoms with Crippen LogP contribution in [-0.4, -0.2) is 47.6 Å². The molecule has 0 aliphatic carbocycles. The first-order valence-electron chi connectivity index (χ1n) is 10.4. The number of amides is 1. The molecule has 1 fully saturated rings. The van der Waals surface area contributed by atoms with Crippen LogP contribution in [0.3, 0.4) is 0 Å². The Balaban J connectivity index is 1.59. The molecule has 1 aliphatic rings. The van der Waals surface area contributed by atoms with Gasteiger partial charge in [0, 0.05) is 24.1 Å². The molecule has 4 rings (SSSR count). The molecule has 0 spiro atoms. The molecule has 0 saturated carbocycles. The number of benzene rings is 2. The molecular weight excluding hydrogens is 414 g/mol. The van der Waals surface area contributed by atoms with Crippen molar-refractivity contribution in [1.29, 1.82) is 0 Å². The average Bonchev–Trinajstić information content (AvgIpc) is 3.22. The maximum atomic E-state index is 14.6. The van der Waals surface area contributed by atoms with Gasteiger partial charge in [-0.05, 0) is 12.1 Å². The highest BCUT2D eigenvalue weighted by Gasteiger charge is 2.29. The molecular formula is C21H18F2N2O4S. The molecule has 1 aliphatic heterocycles. The second-order valence-corrected chi connectivity index (χ2v) is 7.45. The van der Waals surface area contributed by atoms with Gasteiger partial charge in [-0.3, -0.25) is 4.79 Å². The molecule has 30 heavy (non-hydrogen) atoms. The zero-order valence-corrected chi connectivity index (χ0v) is 16.3. The highest BCUT2D eigenvalue weighted by Crippen LogP contribution is 2.36. The summed E-state index contributed by atoms with van der Waals surface area (Å²) >= 11 is 1.12. The Hall–Kier alpha value is -3.04. The second kappa shape index (κ2) is 8.37. The molecule has 1 atom stereocenters. The minimum Gasteiger partial charge on any atom is -0.507 e. The molecule has 0 unspecified atom stereocenters. The number of phenolic OH excluding ortho intramolecular Hbond substituents is 1. The van der Waals surface area contributed by atoms with Crippen LogP contribution in [0.4, 0.5) is 8.78 Å². The number of carbonyl (C=O) groups excluding carboxylic acids is 1. The van der Waals surface area contributed by atoms with Gasteiger partial charge in [0.1, 0.15) is 34.2 Å². The summed E-state index contributed by atoms with van der Waals surface area (Å²) in [4.78, 5) is 18.7. The second-order valence-electron chi connectivity index (χ2n) is 6.56. The number of rotatable bonds is 4. The van der Waals surface area contributed by atoms with E-state index in [0.717, 1.165) is 17.4 Å². The van der Waals surface area contributed by atoms with Gasteiger partial charge in [0.15, 0.2) is 0 Å². The van der Waals surface area contributed by atoms with Crippen molar-refractivity contribution in [2.45, 2.75) is 6.10 Å². The van der Waals surface area contributed by atoms with Crippen LogP contribution in [0.1, 0.15) is 25.6 Å². The van der Waals surface area contributed by atoms with Crippen LogP contribution in [0, 0.1) is 11.6 Å². The third kappa shape index (κ3) is 3.86. The molecule has 3 aromatic rings. The Morgan fingerprint density at radius 3 is 3.03 bits per heavy atom. The number of morpholine rings is 1. The van der Waals surface area contributed by atoms with Gasteiger partial charge in [-0.2, -0.15) is 0 Å². The minimum absolute atomic E-state index is 0.0551. The lowest BCUT2D eigenvalue weighted by Crippen LogP contribution is -2.42. The Labute approximate surface area is 179 Å². The van der Waals surface area contributed by atoms with Crippen molar-refractivity contribution in [2.24, 2.45) is 0 Å². The van der Waals surface area contributed by atoms with Crippen LogP contribution in [0.2, 0.25) is 0 Å². The zero-order valence-electron chi connectivity index (χ0n) is 18.5. The van der Waals surface area contributed by atoms with E-state index < -0.39 is 30.5 Å². The predicted octanol–water partition coefficient (Wildman–Crippen LogP) is 4.02. The SMILES string of the molecule is [2H]C([2H])([2H])Oc1cc(F)cc(F)c1-c1csc([C@H]2CN(C(=O)c3ccccc3O)CCO2)n1. The third-order valence-electron chi connectivity index (χ3n) is 4.67. The van der Waals surface area contributed by atoms with Crippen molar-refractivity contribution < 1.29 is 32.3 Å². The molecule has 9 heteroatoms. The molecule has 1 N–H and O–H groups in total. The van der Waals surface area contributed by atoms with E-state index in [1.165, 1.54) is 22.4 Å². The Kier molecular flexibility index (Phi) is 4.67. The number of aromatic hydroxyl groups is 1. The first kappa shape index (κ1) is 16.7. The normalized spacial score (nSPS) is 18.4. The van der Waals surface area contributed by atoms with E-state index in [4.69, 9.17) is 13.6 Å². The van der Waals surface area contributed by atoms with Crippen molar-refractivity contribution >= 4 is 17.2 Å². The zero-order chi connectivity index (χ0) is 23.8. The van der Waals surface area contributed by atoms with Gasteiger partial charge in [-0.1, -0.05) is 12.1 Å². The van der Waals surface area contributed by atoms with Crippen LogP contribution in [-0.2, 0) is 4.74 Å². The number of aromatic nitrogens is 1. The largest absolute Gasteiger partial charge is 0.507 e. The topological polar surface area (TPSA) is 71.9 Å². The van der Waals surface area contributed by atoms with E-state index in [9.17, 15) is 18.7 Å². The third-order valence-corrected chi connectivity index (χ3v) is 5.61. The monoisotopic (exact) mass is 435 g/mol. The number of carbonyl (C=O) groups is 1. The van der Waals surface area contributed by atoms with Crippen LogP contribution >= 0.6 is 11.3 Å². The summed E-state index contributed by atoms with van der Waals surface area (Å²) in [5, 5.41) is 11.9. The van der Waals surface area contributed by atoms with Gasteiger partial charge in [0.05, 0.1) is 41.1 Å². The standard InChI is InChI=1S/C21H18F2N2O4S/c1-28-17-9-12(22)8-14(23)19(17)15-11-30-20(24-15)18-10-25(6-7-29-18)21(27)13-4-2-3-5-16(13)26/h2-5,8-9,11,18,26H,6-7,10H2,1H3/t18-/m1/s1/i1D3. The summed E-state index contributed by atoms with van der Waals surface area (Å²) in [5.74, 6) is -3.00. The fraction of sp³-hybridized carbons (Fsp3) is 0.238. The van der Waals surface area contributed by atoms with Gasteiger partial charge in [-0.15, -0.1) is 11.3 Å². The number of nitrogens with zero attached hydrogens (tertiary/aromatic N) is 2. The smallest absolute Gasteiger partial charge is 0.257 e. The average molecular weight is 435 g/mol. The summed E-state index contributed by atoms with van der Waals surface area (Å²) in [6.45, 7) is 0.674. The van der Waals surface area contributed by atoms with Crippen molar-refractivity contribution in [3.8, 4) is 22.8 Å². The molecule has 2 heterocycles. The Bertz CT molecular complexity index is 1190. The highest BCUT2D eigenvalue weighted by atomic mass is 32.1. The maximum absolute atomic E-state index is 14.6. The van der Waals surface area contributed by atoms with E-state index in [2.05, 4.69) is 4.98 Å². The Morgan fingerprint density at radius 1 is 1.40 bits per heavy atom. The van der Waals surface area contributed by atoms with E-state index in [1.807, 2.05) is 0 Å². The molecule has 1 saturated heterocycles. The molecule has 1 aromatic heterocycles. The Morgan fingerprint density at radius 2 is 2.23 bits per heavy atom. The molecule has 156 valence electrons. The molecule has 6 nitrogen and oxygen atoms in total. The number of thiazole rings is 1. The molecule has 2 aromatic carbocycles. The van der Waals surface area contributed by atoms with E-state index in [0.29, 0.717) is 17.6 Å². The van der Waals surface area contributed by atoms with Crippen LogP contribution in [0.25, 0.3) is 11.3 Å². The number of phenols is 1. The van der Waals surface area contributed by atoms with Crippen molar-refractivity contribution in [3.05, 3.63) is 64.0 Å². The van der Waals surface area contributed by atoms with Crippen LogP contribution in [0.15, 0.2) is 41.8 Å². The molecule has 0 bridgehead atoms. The highest BCUT2D eigenvalue weighted by molar-refractivity contribution is 7.10. The summed E-state index contributed by atoms with van der Waals surface area (Å²) in [7, 11) is -2.91. The van der Waals surface area contributed by atoms with Gasteiger partial charge in [-0.25, -0.2) is 13.8 Å². The first-order chi connectivity index (χ1) is 15.6. The van der Waals surface area contributed by atoms with Gasteiger partial charge in [0.25, 0.3) is 5.91 Å². The van der Waals surface area contributed by atoms with Gasteiger partial charge < -0.3 is 19.5 Å². The molecule has 0 radical (unpaired) electrons. The number of para-hydroxylation sites is 1. The summed E-state index contributed by atoms with van der Waals surface area (Å²) in [5.41, 5.74) is -0.0645. The summed E-state index contributed by atoms with van der Waals surface area (Å²) in [6.07, 6.45) is -0.622. The summed E-state index contributed by atoms with van der Waals surface area (Å²) < 4.78 is 60.6. The lowest BCUT2D eigenvalue weighted by molar-refractivity contribution is -0.0229. The minimum atomic E-state index is -2.91. The van der Waals surface area contributed by atoms with Gasteiger partial charge in [0.2, 0.25) is 0 Å². The van der Waals surface area contributed by atoms with E-state index in [1.54, 1.807) is 12.1 Å². The van der Waals surface area contributed by atoms with Crippen molar-refractivity contribution in [3.63, 3.8) is 0 Å². The lowest BCUT2D eigenvalue weighted by Gasteiger charge is -2.32. The number of ether oxygens (including phenoxy) is 2. The number of hydrogen-bond acceptors (Lipinski definition) is 6. The maximum Gasteiger partial charge on any atom is 0.257 e. The summed E-state index contributed by atoms with van der Waals surface area (Å²) in [6, 6.07) is 7.61.